The molecule has 0 aromatic heterocycles. The van der Waals surface area contributed by atoms with Crippen molar-refractivity contribution in [3.63, 3.8) is 0 Å². The zero-order valence-electron chi connectivity index (χ0n) is 12.6. The summed E-state index contributed by atoms with van der Waals surface area (Å²) in [6.45, 7) is 0.828. The number of amides is 1. The Bertz CT molecular complexity index is 676. The van der Waals surface area contributed by atoms with Crippen molar-refractivity contribution in [2.75, 3.05) is 7.11 Å². The highest BCUT2D eigenvalue weighted by atomic mass is 19.1. The topological polar surface area (TPSA) is 78.8 Å². The predicted molar refractivity (Wildman–Crippen MR) is 84.6 cm³/mol. The van der Waals surface area contributed by atoms with Crippen molar-refractivity contribution in [3.05, 3.63) is 65.0 Å². The van der Waals surface area contributed by atoms with E-state index in [4.69, 9.17) is 14.8 Å². The van der Waals surface area contributed by atoms with E-state index in [-0.39, 0.29) is 11.0 Å². The lowest BCUT2D eigenvalue weighted by Crippen LogP contribution is -2.34. The quantitative estimate of drug-likeness (QED) is 0.681. The van der Waals surface area contributed by atoms with Crippen molar-refractivity contribution in [1.29, 1.82) is 0 Å². The monoisotopic (exact) mass is 317 g/mol. The SMILES string of the molecule is COCc1ccc(CNC(=O)c2ccc(F)c(B(O)O)c2)cc1. The average Bonchev–Trinajstić information content (AvgIpc) is 2.54. The summed E-state index contributed by atoms with van der Waals surface area (Å²) in [6, 6.07) is 11.0. The maximum absolute atomic E-state index is 13.4. The minimum atomic E-state index is -1.96. The van der Waals surface area contributed by atoms with Gasteiger partial charge in [-0.3, -0.25) is 4.79 Å². The third-order valence-electron chi connectivity index (χ3n) is 3.32. The molecule has 0 fully saturated rings. The van der Waals surface area contributed by atoms with Gasteiger partial charge >= 0.3 is 7.12 Å². The van der Waals surface area contributed by atoms with E-state index in [1.54, 1.807) is 7.11 Å². The molecule has 0 aliphatic rings. The maximum Gasteiger partial charge on any atom is 0.491 e. The van der Waals surface area contributed by atoms with Gasteiger partial charge in [0, 0.05) is 24.7 Å². The molecule has 120 valence electrons. The highest BCUT2D eigenvalue weighted by molar-refractivity contribution is 6.58. The van der Waals surface area contributed by atoms with Crippen molar-refractivity contribution in [2.45, 2.75) is 13.2 Å². The Morgan fingerprint density at radius 3 is 2.43 bits per heavy atom. The Labute approximate surface area is 133 Å². The van der Waals surface area contributed by atoms with Crippen LogP contribution in [0.4, 0.5) is 4.39 Å². The van der Waals surface area contributed by atoms with Gasteiger partial charge in [0.25, 0.3) is 5.91 Å². The van der Waals surface area contributed by atoms with Crippen molar-refractivity contribution in [2.24, 2.45) is 0 Å². The van der Waals surface area contributed by atoms with E-state index in [0.29, 0.717) is 13.2 Å². The zero-order chi connectivity index (χ0) is 16.8. The molecule has 0 aliphatic heterocycles. The fraction of sp³-hybridized carbons (Fsp3) is 0.188. The standard InChI is InChI=1S/C16H17BFNO4/c1-23-10-12-4-2-11(3-5-12)9-19-16(20)13-6-7-15(18)14(8-13)17(21)22/h2-8,21-22H,9-10H2,1H3,(H,19,20). The van der Waals surface area contributed by atoms with Gasteiger partial charge in [0.1, 0.15) is 5.82 Å². The molecule has 0 radical (unpaired) electrons. The highest BCUT2D eigenvalue weighted by Gasteiger charge is 2.18. The summed E-state index contributed by atoms with van der Waals surface area (Å²) in [6.07, 6.45) is 0. The van der Waals surface area contributed by atoms with Crippen LogP contribution in [0.3, 0.4) is 0 Å². The number of hydrogen-bond acceptors (Lipinski definition) is 4. The summed E-state index contributed by atoms with van der Waals surface area (Å²) in [5, 5.41) is 20.8. The number of carbonyl (C=O) groups excluding carboxylic acids is 1. The van der Waals surface area contributed by atoms with Gasteiger partial charge in [-0.25, -0.2) is 4.39 Å². The molecular formula is C16H17BFNO4. The number of ether oxygens (including phenoxy) is 1. The van der Waals surface area contributed by atoms with Crippen LogP contribution in [0.1, 0.15) is 21.5 Å². The van der Waals surface area contributed by atoms with Crippen LogP contribution in [-0.4, -0.2) is 30.2 Å². The molecule has 0 atom stereocenters. The Hall–Kier alpha value is -2.22. The molecule has 0 bridgehead atoms. The second kappa shape index (κ2) is 7.87. The third kappa shape index (κ3) is 4.62. The van der Waals surface area contributed by atoms with Crippen LogP contribution in [0.15, 0.2) is 42.5 Å². The number of halogens is 1. The van der Waals surface area contributed by atoms with E-state index in [1.165, 1.54) is 6.07 Å². The molecule has 0 heterocycles. The van der Waals surface area contributed by atoms with Gasteiger partial charge < -0.3 is 20.1 Å². The van der Waals surface area contributed by atoms with Gasteiger partial charge in [0.2, 0.25) is 0 Å². The Morgan fingerprint density at radius 2 is 1.83 bits per heavy atom. The molecule has 2 aromatic carbocycles. The maximum atomic E-state index is 13.4. The van der Waals surface area contributed by atoms with Gasteiger partial charge in [0.15, 0.2) is 0 Å². The van der Waals surface area contributed by atoms with Crippen molar-refractivity contribution in [3.8, 4) is 0 Å². The lowest BCUT2D eigenvalue weighted by molar-refractivity contribution is 0.0951. The van der Waals surface area contributed by atoms with Gasteiger partial charge in [-0.2, -0.15) is 0 Å². The second-order valence-electron chi connectivity index (χ2n) is 5.04. The number of carbonyl (C=O) groups is 1. The Balaban J connectivity index is 2.00. The zero-order valence-corrected chi connectivity index (χ0v) is 12.6. The van der Waals surface area contributed by atoms with Crippen LogP contribution in [-0.2, 0) is 17.9 Å². The van der Waals surface area contributed by atoms with E-state index in [1.807, 2.05) is 24.3 Å². The van der Waals surface area contributed by atoms with E-state index < -0.39 is 18.8 Å². The lowest BCUT2D eigenvalue weighted by Gasteiger charge is -2.08. The van der Waals surface area contributed by atoms with E-state index in [9.17, 15) is 9.18 Å². The normalized spacial score (nSPS) is 10.4. The van der Waals surface area contributed by atoms with Gasteiger partial charge in [0.05, 0.1) is 6.61 Å². The average molecular weight is 317 g/mol. The molecule has 23 heavy (non-hydrogen) atoms. The van der Waals surface area contributed by atoms with Crippen molar-refractivity contribution in [1.82, 2.24) is 5.32 Å². The summed E-state index contributed by atoms with van der Waals surface area (Å²) < 4.78 is 18.4. The molecule has 0 saturated heterocycles. The van der Waals surface area contributed by atoms with E-state index in [2.05, 4.69) is 5.32 Å². The first-order chi connectivity index (χ1) is 11.0. The van der Waals surface area contributed by atoms with Gasteiger partial charge in [-0.1, -0.05) is 24.3 Å². The van der Waals surface area contributed by atoms with Crippen molar-refractivity contribution >= 4 is 18.5 Å². The number of methoxy groups -OCH3 is 1. The molecule has 7 heteroatoms. The van der Waals surface area contributed by atoms with Crippen molar-refractivity contribution < 1.29 is 24.0 Å². The van der Waals surface area contributed by atoms with Crippen LogP contribution in [0, 0.1) is 5.82 Å². The molecular weight excluding hydrogens is 300 g/mol. The molecule has 0 saturated carbocycles. The fourth-order valence-corrected chi connectivity index (χ4v) is 2.09. The van der Waals surface area contributed by atoms with Gasteiger partial charge in [-0.05, 0) is 29.3 Å². The summed E-state index contributed by atoms with van der Waals surface area (Å²) >= 11 is 0. The summed E-state index contributed by atoms with van der Waals surface area (Å²) in [5.74, 6) is -1.20. The molecule has 0 spiro atoms. The van der Waals surface area contributed by atoms with Crippen LogP contribution in [0.5, 0.6) is 0 Å². The molecule has 0 aliphatic carbocycles. The number of nitrogens with one attached hydrogen (secondary N) is 1. The molecule has 5 nitrogen and oxygen atoms in total. The molecule has 1 amide bonds. The Morgan fingerprint density at radius 1 is 1.17 bits per heavy atom. The summed E-state index contributed by atoms with van der Waals surface area (Å²) in [5.41, 5.74) is 1.76. The number of benzene rings is 2. The number of rotatable bonds is 6. The highest BCUT2D eigenvalue weighted by Crippen LogP contribution is 2.06. The fourth-order valence-electron chi connectivity index (χ4n) is 2.09. The van der Waals surface area contributed by atoms with Gasteiger partial charge in [-0.15, -0.1) is 0 Å². The first-order valence-corrected chi connectivity index (χ1v) is 7.02. The third-order valence-corrected chi connectivity index (χ3v) is 3.32. The number of hydrogen-bond donors (Lipinski definition) is 3. The smallest absolute Gasteiger partial charge is 0.423 e. The van der Waals surface area contributed by atoms with E-state index >= 15 is 0 Å². The minimum absolute atomic E-state index is 0.158. The molecule has 0 unspecified atom stereocenters. The minimum Gasteiger partial charge on any atom is -0.423 e. The summed E-state index contributed by atoms with van der Waals surface area (Å²) in [7, 11) is -0.343. The van der Waals surface area contributed by atoms with E-state index in [0.717, 1.165) is 23.3 Å². The summed E-state index contributed by atoms with van der Waals surface area (Å²) in [4.78, 5) is 12.1. The first kappa shape index (κ1) is 17.1. The Kier molecular flexibility index (Phi) is 5.87. The largest absolute Gasteiger partial charge is 0.491 e. The molecule has 3 N–H and O–H groups in total. The first-order valence-electron chi connectivity index (χ1n) is 7.02. The predicted octanol–water partition coefficient (Wildman–Crippen LogP) is 0.582. The van der Waals surface area contributed by atoms with Crippen LogP contribution in [0.2, 0.25) is 0 Å². The second-order valence-corrected chi connectivity index (χ2v) is 5.04. The molecule has 2 aromatic rings. The van der Waals surface area contributed by atoms with Crippen LogP contribution < -0.4 is 10.8 Å². The van der Waals surface area contributed by atoms with Crippen LogP contribution >= 0.6 is 0 Å². The molecule has 2 rings (SSSR count). The lowest BCUT2D eigenvalue weighted by atomic mass is 9.79. The van der Waals surface area contributed by atoms with Crippen LogP contribution in [0.25, 0.3) is 0 Å².